The molecule has 33 heavy (non-hydrogen) atoms. The van der Waals surface area contributed by atoms with Gasteiger partial charge < -0.3 is 10.6 Å². The van der Waals surface area contributed by atoms with Gasteiger partial charge in [0.25, 0.3) is 12.3 Å². The molecule has 2 heterocycles. The summed E-state index contributed by atoms with van der Waals surface area (Å²) in [6.45, 7) is 1.76. The summed E-state index contributed by atoms with van der Waals surface area (Å²) in [6.07, 6.45) is -5.92. The van der Waals surface area contributed by atoms with Crippen LogP contribution < -0.4 is 10.6 Å². The van der Waals surface area contributed by atoms with Crippen molar-refractivity contribution in [2.45, 2.75) is 44.6 Å². The molecule has 0 radical (unpaired) electrons. The van der Waals surface area contributed by atoms with E-state index < -0.39 is 36.2 Å². The molecule has 3 aromatic rings. The second-order valence-corrected chi connectivity index (χ2v) is 7.98. The number of benzene rings is 2. The van der Waals surface area contributed by atoms with Crippen LogP contribution >= 0.6 is 0 Å². The number of nitrogens with one attached hydrogen (secondary N) is 2. The molecule has 174 valence electrons. The summed E-state index contributed by atoms with van der Waals surface area (Å²) in [4.78, 5) is 12.8. The standard InChI is InChI=1S/C23H21F5N4O/c1-13-5-7-15(8-6-13)18-10-19(20(24)25)32-21(31-18)17(12-30-32)22(33)29-11-14-3-2-4-16(9-14)23(26,27)28/h2-9,12,18-20,31H,10-11H2,1H3,(H,29,33)/t18-,19-/m0/s1. The molecule has 0 saturated heterocycles. The minimum atomic E-state index is -4.50. The Morgan fingerprint density at radius 2 is 1.94 bits per heavy atom. The molecule has 1 aliphatic rings. The molecule has 0 saturated carbocycles. The van der Waals surface area contributed by atoms with Gasteiger partial charge in [0.1, 0.15) is 17.4 Å². The van der Waals surface area contributed by atoms with Crippen molar-refractivity contribution in [1.29, 1.82) is 0 Å². The van der Waals surface area contributed by atoms with Gasteiger partial charge in [0, 0.05) is 6.54 Å². The van der Waals surface area contributed by atoms with E-state index >= 15 is 0 Å². The molecule has 1 aromatic heterocycles. The van der Waals surface area contributed by atoms with E-state index in [9.17, 15) is 26.7 Å². The Bertz CT molecular complexity index is 1140. The molecule has 0 bridgehead atoms. The molecular weight excluding hydrogens is 443 g/mol. The van der Waals surface area contributed by atoms with Crippen LogP contribution in [0.25, 0.3) is 0 Å². The largest absolute Gasteiger partial charge is 0.416 e. The van der Waals surface area contributed by atoms with E-state index in [1.54, 1.807) is 0 Å². The fraction of sp³-hybridized carbons (Fsp3) is 0.304. The van der Waals surface area contributed by atoms with Gasteiger partial charge in [-0.05, 0) is 36.6 Å². The lowest BCUT2D eigenvalue weighted by Gasteiger charge is -2.32. The normalized spacial score (nSPS) is 18.0. The Balaban J connectivity index is 1.55. The van der Waals surface area contributed by atoms with Gasteiger partial charge in [0.2, 0.25) is 0 Å². The van der Waals surface area contributed by atoms with Gasteiger partial charge in [-0.25, -0.2) is 13.5 Å². The predicted molar refractivity (Wildman–Crippen MR) is 112 cm³/mol. The van der Waals surface area contributed by atoms with Gasteiger partial charge in [-0.1, -0.05) is 42.0 Å². The number of halogens is 5. The van der Waals surface area contributed by atoms with E-state index in [0.29, 0.717) is 0 Å². The summed E-state index contributed by atoms with van der Waals surface area (Å²) >= 11 is 0. The van der Waals surface area contributed by atoms with Crippen molar-refractivity contribution in [2.75, 3.05) is 5.32 Å². The molecule has 0 unspecified atom stereocenters. The molecule has 4 rings (SSSR count). The summed E-state index contributed by atoms with van der Waals surface area (Å²) in [5.41, 5.74) is 1.31. The Morgan fingerprint density at radius 3 is 2.61 bits per heavy atom. The van der Waals surface area contributed by atoms with E-state index in [2.05, 4.69) is 15.7 Å². The number of alkyl halides is 5. The topological polar surface area (TPSA) is 59.0 Å². The highest BCUT2D eigenvalue weighted by Gasteiger charge is 2.36. The molecule has 2 N–H and O–H groups in total. The van der Waals surface area contributed by atoms with Crippen LogP contribution in [0.2, 0.25) is 0 Å². The summed E-state index contributed by atoms with van der Waals surface area (Å²) in [5.74, 6) is -0.475. The molecule has 2 atom stereocenters. The maximum absolute atomic E-state index is 13.8. The zero-order valence-corrected chi connectivity index (χ0v) is 17.5. The predicted octanol–water partition coefficient (Wildman–Crippen LogP) is 5.50. The fourth-order valence-corrected chi connectivity index (χ4v) is 3.85. The van der Waals surface area contributed by atoms with E-state index in [1.165, 1.54) is 18.3 Å². The Kier molecular flexibility index (Phi) is 6.09. The SMILES string of the molecule is Cc1ccc([C@@H]2C[C@@H](C(F)F)n3ncc(C(=O)NCc4cccc(C(F)(F)F)c4)c3N2)cc1. The van der Waals surface area contributed by atoms with Crippen LogP contribution in [-0.2, 0) is 12.7 Å². The van der Waals surface area contributed by atoms with Crippen LogP contribution in [0.4, 0.5) is 27.8 Å². The summed E-state index contributed by atoms with van der Waals surface area (Å²) < 4.78 is 67.4. The van der Waals surface area contributed by atoms with Crippen molar-refractivity contribution in [3.05, 3.63) is 82.5 Å². The Labute approximate surface area is 186 Å². The Morgan fingerprint density at radius 1 is 1.21 bits per heavy atom. The van der Waals surface area contributed by atoms with Gasteiger partial charge in [-0.2, -0.15) is 18.3 Å². The quantitative estimate of drug-likeness (QED) is 0.490. The molecule has 1 amide bonds. The van der Waals surface area contributed by atoms with E-state index in [0.717, 1.165) is 27.9 Å². The summed E-state index contributed by atoms with van der Waals surface area (Å²) in [5, 5.41) is 9.67. The first-order chi connectivity index (χ1) is 15.6. The van der Waals surface area contributed by atoms with Crippen molar-refractivity contribution in [2.24, 2.45) is 0 Å². The number of anilines is 1. The van der Waals surface area contributed by atoms with Crippen LogP contribution in [0.15, 0.2) is 54.7 Å². The maximum Gasteiger partial charge on any atom is 0.416 e. The number of carbonyl (C=O) groups excluding carboxylic acids is 1. The van der Waals surface area contributed by atoms with Crippen LogP contribution in [0, 0.1) is 6.92 Å². The third-order valence-electron chi connectivity index (χ3n) is 5.62. The first kappa shape index (κ1) is 22.8. The first-order valence-electron chi connectivity index (χ1n) is 10.3. The second kappa shape index (κ2) is 8.84. The van der Waals surface area contributed by atoms with Gasteiger partial charge in [0.05, 0.1) is 17.8 Å². The molecular formula is C23H21F5N4O. The number of aromatic nitrogens is 2. The number of hydrogen-bond acceptors (Lipinski definition) is 3. The van der Waals surface area contributed by atoms with Crippen LogP contribution in [0.3, 0.4) is 0 Å². The number of fused-ring (bicyclic) bond motifs is 1. The van der Waals surface area contributed by atoms with Crippen molar-refractivity contribution < 1.29 is 26.7 Å². The minimum absolute atomic E-state index is 0.0458. The zero-order chi connectivity index (χ0) is 23.8. The van der Waals surface area contributed by atoms with Gasteiger partial charge in [-0.15, -0.1) is 0 Å². The van der Waals surface area contributed by atoms with Gasteiger partial charge >= 0.3 is 6.18 Å². The van der Waals surface area contributed by atoms with Crippen LogP contribution in [0.1, 0.15) is 51.1 Å². The smallest absolute Gasteiger partial charge is 0.363 e. The van der Waals surface area contributed by atoms with Gasteiger partial charge in [-0.3, -0.25) is 4.79 Å². The minimum Gasteiger partial charge on any atom is -0.363 e. The number of carbonyl (C=O) groups is 1. The average molecular weight is 464 g/mol. The summed E-state index contributed by atoms with van der Waals surface area (Å²) in [7, 11) is 0. The molecule has 5 nitrogen and oxygen atoms in total. The lowest BCUT2D eigenvalue weighted by Crippen LogP contribution is -2.32. The molecule has 2 aromatic carbocycles. The number of nitrogens with zero attached hydrogens (tertiary/aromatic N) is 2. The van der Waals surface area contributed by atoms with Crippen molar-refractivity contribution in [3.63, 3.8) is 0 Å². The number of amides is 1. The molecule has 1 aliphatic heterocycles. The second-order valence-electron chi connectivity index (χ2n) is 7.98. The lowest BCUT2D eigenvalue weighted by molar-refractivity contribution is -0.137. The van der Waals surface area contributed by atoms with Crippen molar-refractivity contribution >= 4 is 11.7 Å². The monoisotopic (exact) mass is 464 g/mol. The third kappa shape index (κ3) is 4.84. The molecule has 10 heteroatoms. The lowest BCUT2D eigenvalue weighted by atomic mass is 9.96. The highest BCUT2D eigenvalue weighted by Crippen LogP contribution is 2.39. The maximum atomic E-state index is 13.8. The zero-order valence-electron chi connectivity index (χ0n) is 17.5. The van der Waals surface area contributed by atoms with Gasteiger partial charge in [0.15, 0.2) is 0 Å². The van der Waals surface area contributed by atoms with E-state index in [4.69, 9.17) is 0 Å². The molecule has 0 spiro atoms. The van der Waals surface area contributed by atoms with Crippen LogP contribution in [-0.4, -0.2) is 22.1 Å². The third-order valence-corrected chi connectivity index (χ3v) is 5.62. The summed E-state index contributed by atoms with van der Waals surface area (Å²) in [6, 6.07) is 10.4. The number of aryl methyl sites for hydroxylation is 1. The van der Waals surface area contributed by atoms with E-state index in [-0.39, 0.29) is 29.9 Å². The highest BCUT2D eigenvalue weighted by molar-refractivity contribution is 5.98. The Hall–Kier alpha value is -3.43. The molecule has 0 fully saturated rings. The van der Waals surface area contributed by atoms with Crippen molar-refractivity contribution in [3.8, 4) is 0 Å². The molecule has 0 aliphatic carbocycles. The number of rotatable bonds is 5. The first-order valence-corrected chi connectivity index (χ1v) is 10.3. The van der Waals surface area contributed by atoms with Crippen molar-refractivity contribution in [1.82, 2.24) is 15.1 Å². The fourth-order valence-electron chi connectivity index (χ4n) is 3.85. The average Bonchev–Trinajstić information content (AvgIpc) is 3.21. The highest BCUT2D eigenvalue weighted by atomic mass is 19.4. The van der Waals surface area contributed by atoms with E-state index in [1.807, 2.05) is 31.2 Å². The number of hydrogen-bond donors (Lipinski definition) is 2. The van der Waals surface area contributed by atoms with Crippen LogP contribution in [0.5, 0.6) is 0 Å².